The molecule has 0 saturated carbocycles. The van der Waals surface area contributed by atoms with Crippen molar-refractivity contribution in [1.29, 1.82) is 0 Å². The molecule has 0 fully saturated rings. The molecule has 0 bridgehead atoms. The minimum Gasteiger partial charge on any atom is -0.378 e. The van der Waals surface area contributed by atoms with Crippen molar-refractivity contribution in [2.75, 3.05) is 0 Å². The lowest BCUT2D eigenvalue weighted by atomic mass is 10.1. The minimum absolute atomic E-state index is 0.229. The summed E-state index contributed by atoms with van der Waals surface area (Å²) in [5.41, 5.74) is 2.02. The van der Waals surface area contributed by atoms with E-state index in [4.69, 9.17) is 0 Å². The van der Waals surface area contributed by atoms with E-state index in [2.05, 4.69) is 5.32 Å². The van der Waals surface area contributed by atoms with E-state index in [0.717, 1.165) is 5.56 Å². The first kappa shape index (κ1) is 13.8. The zero-order valence-corrected chi connectivity index (χ0v) is 11.4. The summed E-state index contributed by atoms with van der Waals surface area (Å²) >= 11 is 0. The summed E-state index contributed by atoms with van der Waals surface area (Å²) in [6, 6.07) is 13.4. The van der Waals surface area contributed by atoms with Crippen LogP contribution in [0.2, 0.25) is 0 Å². The first-order valence-electron chi connectivity index (χ1n) is 6.97. The summed E-state index contributed by atoms with van der Waals surface area (Å²) in [7, 11) is 0. The monoisotopic (exact) mass is 285 g/mol. The van der Waals surface area contributed by atoms with Gasteiger partial charge in [-0.3, -0.25) is 4.79 Å². The normalized spacial score (nSPS) is 18.1. The number of carbonyl (C=O) groups excluding carboxylic acids is 1. The molecule has 0 saturated heterocycles. The van der Waals surface area contributed by atoms with E-state index in [9.17, 15) is 14.3 Å². The van der Waals surface area contributed by atoms with E-state index in [0.29, 0.717) is 24.0 Å². The molecule has 4 heteroatoms. The van der Waals surface area contributed by atoms with Crippen LogP contribution < -0.4 is 5.32 Å². The smallest absolute Gasteiger partial charge is 0.253 e. The van der Waals surface area contributed by atoms with Crippen molar-refractivity contribution in [2.45, 2.75) is 25.0 Å². The number of hydrogen-bond acceptors (Lipinski definition) is 2. The Bertz CT molecular complexity index is 657. The first-order valence-corrected chi connectivity index (χ1v) is 6.97. The second-order valence-electron chi connectivity index (χ2n) is 5.22. The molecule has 0 aromatic heterocycles. The summed E-state index contributed by atoms with van der Waals surface area (Å²) in [6.45, 7) is 0. The quantitative estimate of drug-likeness (QED) is 0.911. The highest BCUT2D eigenvalue weighted by Crippen LogP contribution is 2.33. The second kappa shape index (κ2) is 5.66. The van der Waals surface area contributed by atoms with Crippen molar-refractivity contribution in [2.24, 2.45) is 0 Å². The maximum Gasteiger partial charge on any atom is 0.253 e. The summed E-state index contributed by atoms with van der Waals surface area (Å²) in [5, 5.41) is 12.9. The van der Waals surface area contributed by atoms with Crippen LogP contribution >= 0.6 is 0 Å². The number of carbonyl (C=O) groups is 1. The summed E-state index contributed by atoms with van der Waals surface area (Å²) in [6.07, 6.45) is 0.0570. The zero-order valence-electron chi connectivity index (χ0n) is 11.4. The Morgan fingerprint density at radius 1 is 1.19 bits per heavy atom. The molecule has 0 aliphatic heterocycles. The van der Waals surface area contributed by atoms with Gasteiger partial charge in [0.15, 0.2) is 6.10 Å². The molecule has 2 atom stereocenters. The third-order valence-electron chi connectivity index (χ3n) is 3.89. The molecule has 0 heterocycles. The second-order valence-corrected chi connectivity index (χ2v) is 5.22. The zero-order chi connectivity index (χ0) is 14.8. The summed E-state index contributed by atoms with van der Waals surface area (Å²) < 4.78 is 13.7. The van der Waals surface area contributed by atoms with Crippen LogP contribution in [0.5, 0.6) is 0 Å². The van der Waals surface area contributed by atoms with Gasteiger partial charge in [-0.15, -0.1) is 0 Å². The minimum atomic E-state index is -1.20. The molecule has 3 nitrogen and oxygen atoms in total. The van der Waals surface area contributed by atoms with Gasteiger partial charge in [-0.1, -0.05) is 42.5 Å². The van der Waals surface area contributed by atoms with Crippen LogP contribution in [-0.2, 0) is 11.2 Å². The molecule has 2 aromatic carbocycles. The highest BCUT2D eigenvalue weighted by atomic mass is 19.1. The maximum absolute atomic E-state index is 13.7. The highest BCUT2D eigenvalue weighted by Gasteiger charge is 2.28. The number of nitrogens with one attached hydrogen (secondary N) is 1. The van der Waals surface area contributed by atoms with Gasteiger partial charge in [-0.05, 0) is 35.6 Å². The van der Waals surface area contributed by atoms with Crippen molar-refractivity contribution in [3.05, 3.63) is 71.0 Å². The van der Waals surface area contributed by atoms with Crippen LogP contribution in [0.25, 0.3) is 0 Å². The number of aliphatic hydroxyl groups excluding tert-OH is 1. The third-order valence-corrected chi connectivity index (χ3v) is 3.89. The van der Waals surface area contributed by atoms with Crippen LogP contribution in [-0.4, -0.2) is 11.0 Å². The number of amides is 1. The first-order chi connectivity index (χ1) is 10.2. The molecule has 2 unspecified atom stereocenters. The van der Waals surface area contributed by atoms with Gasteiger partial charge in [0.1, 0.15) is 5.82 Å². The van der Waals surface area contributed by atoms with Crippen LogP contribution in [0.1, 0.15) is 35.3 Å². The van der Waals surface area contributed by atoms with Crippen molar-refractivity contribution < 1.29 is 14.3 Å². The Morgan fingerprint density at radius 3 is 2.71 bits per heavy atom. The maximum atomic E-state index is 13.7. The standard InChI is InChI=1S/C17H16FNO2/c18-14-8-4-7-13-12(14)9-10-15(13)19-17(21)16(20)11-5-2-1-3-6-11/h1-8,15-16,20H,9-10H2,(H,19,21). The number of halogens is 1. The fourth-order valence-electron chi connectivity index (χ4n) is 2.80. The van der Waals surface area contributed by atoms with Crippen molar-refractivity contribution in [1.82, 2.24) is 5.32 Å². The summed E-state index contributed by atoms with van der Waals surface area (Å²) in [4.78, 5) is 12.1. The largest absolute Gasteiger partial charge is 0.378 e. The fourth-order valence-corrected chi connectivity index (χ4v) is 2.80. The van der Waals surface area contributed by atoms with Gasteiger partial charge in [0.25, 0.3) is 5.91 Å². The van der Waals surface area contributed by atoms with Gasteiger partial charge in [0.2, 0.25) is 0 Å². The van der Waals surface area contributed by atoms with Crippen molar-refractivity contribution in [3.63, 3.8) is 0 Å². The molecule has 0 radical (unpaired) electrons. The highest BCUT2D eigenvalue weighted by molar-refractivity contribution is 5.82. The van der Waals surface area contributed by atoms with Gasteiger partial charge in [0, 0.05) is 0 Å². The number of rotatable bonds is 3. The fraction of sp³-hybridized carbons (Fsp3) is 0.235. The van der Waals surface area contributed by atoms with E-state index < -0.39 is 12.0 Å². The van der Waals surface area contributed by atoms with Crippen LogP contribution in [0, 0.1) is 5.82 Å². The molecule has 2 aromatic rings. The Kier molecular flexibility index (Phi) is 3.71. The topological polar surface area (TPSA) is 49.3 Å². The predicted octanol–water partition coefficient (Wildman–Crippen LogP) is 2.66. The number of benzene rings is 2. The SMILES string of the molecule is O=C(NC1CCc2c(F)cccc21)C(O)c1ccccc1. The Labute approximate surface area is 122 Å². The average molecular weight is 285 g/mol. The van der Waals surface area contributed by atoms with Crippen molar-refractivity contribution in [3.8, 4) is 0 Å². The molecule has 21 heavy (non-hydrogen) atoms. The van der Waals surface area contributed by atoms with Crippen molar-refractivity contribution >= 4 is 5.91 Å². The molecule has 2 N–H and O–H groups in total. The molecular weight excluding hydrogens is 269 g/mol. The van der Waals surface area contributed by atoms with Gasteiger partial charge in [-0.2, -0.15) is 0 Å². The molecule has 1 aliphatic carbocycles. The lowest BCUT2D eigenvalue weighted by Crippen LogP contribution is -2.32. The number of aliphatic hydroxyl groups is 1. The molecule has 1 aliphatic rings. The van der Waals surface area contributed by atoms with Crippen LogP contribution in [0.4, 0.5) is 4.39 Å². The van der Waals surface area contributed by atoms with Gasteiger partial charge in [-0.25, -0.2) is 4.39 Å². The van der Waals surface area contributed by atoms with Gasteiger partial charge < -0.3 is 10.4 Å². The van der Waals surface area contributed by atoms with E-state index in [1.165, 1.54) is 6.07 Å². The molecule has 0 spiro atoms. The Hall–Kier alpha value is -2.20. The van der Waals surface area contributed by atoms with Gasteiger partial charge in [0.05, 0.1) is 6.04 Å². The number of fused-ring (bicyclic) bond motifs is 1. The van der Waals surface area contributed by atoms with E-state index in [1.54, 1.807) is 30.3 Å². The van der Waals surface area contributed by atoms with E-state index >= 15 is 0 Å². The van der Waals surface area contributed by atoms with E-state index in [-0.39, 0.29) is 11.9 Å². The summed E-state index contributed by atoms with van der Waals surface area (Å²) in [5.74, 6) is -0.684. The molecule has 1 amide bonds. The molecular formula is C17H16FNO2. The third kappa shape index (κ3) is 2.67. The average Bonchev–Trinajstić information content (AvgIpc) is 2.92. The lowest BCUT2D eigenvalue weighted by Gasteiger charge is -2.17. The van der Waals surface area contributed by atoms with Crippen LogP contribution in [0.15, 0.2) is 48.5 Å². The lowest BCUT2D eigenvalue weighted by molar-refractivity contribution is -0.130. The van der Waals surface area contributed by atoms with Crippen LogP contribution in [0.3, 0.4) is 0 Å². The Morgan fingerprint density at radius 2 is 1.95 bits per heavy atom. The molecule has 3 rings (SSSR count). The molecule has 108 valence electrons. The van der Waals surface area contributed by atoms with E-state index in [1.807, 2.05) is 12.1 Å². The predicted molar refractivity (Wildman–Crippen MR) is 77.0 cm³/mol. The Balaban J connectivity index is 1.74. The number of hydrogen-bond donors (Lipinski definition) is 2. The van der Waals surface area contributed by atoms with Gasteiger partial charge >= 0.3 is 0 Å².